The van der Waals surface area contributed by atoms with Crippen LogP contribution in [0.2, 0.25) is 0 Å². The largest absolute Gasteiger partial charge is 0.0616 e. The number of rotatable bonds is 4. The van der Waals surface area contributed by atoms with Gasteiger partial charge in [0.15, 0.2) is 0 Å². The van der Waals surface area contributed by atoms with Crippen LogP contribution in [0.25, 0.3) is 32.7 Å². The van der Waals surface area contributed by atoms with E-state index in [9.17, 15) is 0 Å². The van der Waals surface area contributed by atoms with Crippen molar-refractivity contribution < 1.29 is 0 Å². The van der Waals surface area contributed by atoms with E-state index in [-0.39, 0.29) is 5.41 Å². The maximum absolute atomic E-state index is 2.57. The minimum Gasteiger partial charge on any atom is -0.0616 e. The Kier molecular flexibility index (Phi) is 5.62. The van der Waals surface area contributed by atoms with Gasteiger partial charge in [-0.25, -0.2) is 0 Å². The monoisotopic (exact) mass is 514 g/mol. The lowest BCUT2D eigenvalue weighted by atomic mass is 9.67. The van der Waals surface area contributed by atoms with Crippen molar-refractivity contribution in [1.82, 2.24) is 0 Å². The first-order chi connectivity index (χ1) is 19.7. The van der Waals surface area contributed by atoms with Gasteiger partial charge in [0, 0.05) is 5.41 Å². The van der Waals surface area contributed by atoms with E-state index in [2.05, 4.69) is 121 Å². The highest BCUT2D eigenvalue weighted by atomic mass is 14.5. The SMILES string of the molecule is c1ccc2cc(Cc3ccc4c(c3)C3(CCCCC3)c3cc(Cc5ccc6ccccc6c5)ccc3-4)ccc2c1. The van der Waals surface area contributed by atoms with Gasteiger partial charge < -0.3 is 0 Å². The van der Waals surface area contributed by atoms with Gasteiger partial charge in [-0.15, -0.1) is 0 Å². The Morgan fingerprint density at radius 2 is 0.825 bits per heavy atom. The Hall–Kier alpha value is -4.16. The second kappa shape index (κ2) is 9.49. The molecule has 0 N–H and O–H groups in total. The first-order valence-corrected chi connectivity index (χ1v) is 15.0. The van der Waals surface area contributed by atoms with E-state index in [4.69, 9.17) is 0 Å². The number of fused-ring (bicyclic) bond motifs is 7. The van der Waals surface area contributed by atoms with Crippen LogP contribution >= 0.6 is 0 Å². The van der Waals surface area contributed by atoms with E-state index >= 15 is 0 Å². The lowest BCUT2D eigenvalue weighted by Gasteiger charge is -2.36. The van der Waals surface area contributed by atoms with Gasteiger partial charge >= 0.3 is 0 Å². The first kappa shape index (κ1) is 23.7. The zero-order chi connectivity index (χ0) is 26.5. The second-order valence-electron chi connectivity index (χ2n) is 12.1. The van der Waals surface area contributed by atoms with Crippen molar-refractivity contribution in [1.29, 1.82) is 0 Å². The molecule has 2 aliphatic rings. The van der Waals surface area contributed by atoms with Crippen LogP contribution in [0.1, 0.15) is 65.5 Å². The molecule has 40 heavy (non-hydrogen) atoms. The van der Waals surface area contributed by atoms with Crippen molar-refractivity contribution in [3.05, 3.63) is 155 Å². The fraction of sp³-hybridized carbons (Fsp3) is 0.200. The van der Waals surface area contributed by atoms with Crippen molar-refractivity contribution in [2.75, 3.05) is 0 Å². The van der Waals surface area contributed by atoms with Gasteiger partial charge in [0.2, 0.25) is 0 Å². The summed E-state index contributed by atoms with van der Waals surface area (Å²) in [6.45, 7) is 0. The molecule has 0 nitrogen and oxygen atoms in total. The molecular formula is C40H34. The maximum atomic E-state index is 2.57. The highest BCUT2D eigenvalue weighted by molar-refractivity contribution is 5.85. The molecule has 1 saturated carbocycles. The molecule has 0 bridgehead atoms. The molecule has 2 aliphatic carbocycles. The van der Waals surface area contributed by atoms with Crippen LogP contribution in [0.15, 0.2) is 121 Å². The molecule has 8 rings (SSSR count). The Bertz CT molecular complexity index is 1750. The van der Waals surface area contributed by atoms with Crippen LogP contribution < -0.4 is 0 Å². The minimum absolute atomic E-state index is 0.168. The van der Waals surface area contributed by atoms with Gasteiger partial charge in [-0.05, 0) is 91.7 Å². The zero-order valence-corrected chi connectivity index (χ0v) is 23.0. The smallest absolute Gasteiger partial charge is 0.0215 e. The van der Waals surface area contributed by atoms with Gasteiger partial charge in [0.25, 0.3) is 0 Å². The predicted molar refractivity (Wildman–Crippen MR) is 169 cm³/mol. The molecule has 0 aliphatic heterocycles. The summed E-state index contributed by atoms with van der Waals surface area (Å²) in [5, 5.41) is 5.29. The molecule has 194 valence electrons. The summed E-state index contributed by atoms with van der Waals surface area (Å²) < 4.78 is 0. The average Bonchev–Trinajstić information content (AvgIpc) is 3.25. The topological polar surface area (TPSA) is 0 Å². The molecule has 0 amide bonds. The van der Waals surface area contributed by atoms with E-state index in [1.54, 1.807) is 11.1 Å². The van der Waals surface area contributed by atoms with E-state index < -0.39 is 0 Å². The molecule has 0 radical (unpaired) electrons. The molecule has 0 aromatic heterocycles. The third kappa shape index (κ3) is 3.97. The molecule has 0 heteroatoms. The molecule has 0 heterocycles. The Labute approximate surface area is 237 Å². The van der Waals surface area contributed by atoms with E-state index in [0.29, 0.717) is 0 Å². The van der Waals surface area contributed by atoms with Crippen molar-refractivity contribution in [2.45, 2.75) is 50.4 Å². The predicted octanol–water partition coefficient (Wildman–Crippen LogP) is 10.4. The van der Waals surface area contributed by atoms with Crippen LogP contribution in [0.5, 0.6) is 0 Å². The highest BCUT2D eigenvalue weighted by Gasteiger charge is 2.43. The molecule has 1 spiro atoms. The van der Waals surface area contributed by atoms with E-state index in [1.165, 1.54) is 87.0 Å². The fourth-order valence-electron chi connectivity index (χ4n) is 7.67. The van der Waals surface area contributed by atoms with Crippen molar-refractivity contribution in [3.8, 4) is 11.1 Å². The standard InChI is InChI=1S/C40H34/c1-6-20-40(21-7-1)38-26-30(22-28-12-16-32-8-2-4-10-34(32)24-28)14-18-36(38)37-19-15-31(27-39(37)40)23-29-13-17-33-9-3-5-11-35(33)25-29/h2-5,8-19,24-27H,1,6-7,20-23H2. The third-order valence-electron chi connectivity index (χ3n) is 9.64. The van der Waals surface area contributed by atoms with Crippen LogP contribution in [0, 0.1) is 0 Å². The lowest BCUT2D eigenvalue weighted by molar-refractivity contribution is 0.352. The molecule has 0 atom stereocenters. The van der Waals surface area contributed by atoms with E-state index in [0.717, 1.165) is 12.8 Å². The maximum Gasteiger partial charge on any atom is 0.0215 e. The first-order valence-electron chi connectivity index (χ1n) is 15.0. The van der Waals surface area contributed by atoms with Crippen LogP contribution in [-0.4, -0.2) is 0 Å². The second-order valence-corrected chi connectivity index (χ2v) is 12.1. The summed E-state index contributed by atoms with van der Waals surface area (Å²) in [4.78, 5) is 0. The van der Waals surface area contributed by atoms with Gasteiger partial charge in [0.05, 0.1) is 0 Å². The Morgan fingerprint density at radius 3 is 1.32 bits per heavy atom. The highest BCUT2D eigenvalue weighted by Crippen LogP contribution is 2.56. The summed E-state index contributed by atoms with van der Waals surface area (Å²) in [7, 11) is 0. The molecule has 6 aromatic rings. The molecular weight excluding hydrogens is 480 g/mol. The molecule has 6 aromatic carbocycles. The van der Waals surface area contributed by atoms with E-state index in [1.807, 2.05) is 0 Å². The number of hydrogen-bond acceptors (Lipinski definition) is 0. The van der Waals surface area contributed by atoms with Crippen LogP contribution in [0.3, 0.4) is 0 Å². The van der Waals surface area contributed by atoms with Crippen molar-refractivity contribution in [2.24, 2.45) is 0 Å². The lowest BCUT2D eigenvalue weighted by Crippen LogP contribution is -2.28. The van der Waals surface area contributed by atoms with Gasteiger partial charge in [-0.3, -0.25) is 0 Å². The van der Waals surface area contributed by atoms with Crippen LogP contribution in [-0.2, 0) is 18.3 Å². The minimum atomic E-state index is 0.168. The average molecular weight is 515 g/mol. The Morgan fingerprint density at radius 1 is 0.400 bits per heavy atom. The van der Waals surface area contributed by atoms with Gasteiger partial charge in [-0.2, -0.15) is 0 Å². The van der Waals surface area contributed by atoms with Gasteiger partial charge in [-0.1, -0.05) is 141 Å². The summed E-state index contributed by atoms with van der Waals surface area (Å²) >= 11 is 0. The summed E-state index contributed by atoms with van der Waals surface area (Å²) in [5.41, 5.74) is 11.9. The number of hydrogen-bond donors (Lipinski definition) is 0. The summed E-state index contributed by atoms with van der Waals surface area (Å²) in [6, 6.07) is 46.0. The fourth-order valence-corrected chi connectivity index (χ4v) is 7.67. The summed E-state index contributed by atoms with van der Waals surface area (Å²) in [6.07, 6.45) is 8.51. The quantitative estimate of drug-likeness (QED) is 0.219. The van der Waals surface area contributed by atoms with Crippen molar-refractivity contribution >= 4 is 21.5 Å². The Balaban J connectivity index is 1.16. The molecule has 1 fully saturated rings. The molecule has 0 unspecified atom stereocenters. The normalized spacial score (nSPS) is 15.4. The molecule has 0 saturated heterocycles. The zero-order valence-electron chi connectivity index (χ0n) is 23.0. The van der Waals surface area contributed by atoms with Gasteiger partial charge in [0.1, 0.15) is 0 Å². The van der Waals surface area contributed by atoms with Crippen LogP contribution in [0.4, 0.5) is 0 Å². The number of benzene rings is 6. The summed E-state index contributed by atoms with van der Waals surface area (Å²) in [5.74, 6) is 0. The van der Waals surface area contributed by atoms with Crippen molar-refractivity contribution in [3.63, 3.8) is 0 Å². The third-order valence-corrected chi connectivity index (χ3v) is 9.64.